The highest BCUT2D eigenvalue weighted by molar-refractivity contribution is 5.72. The predicted molar refractivity (Wildman–Crippen MR) is 90.3 cm³/mol. The van der Waals surface area contributed by atoms with Gasteiger partial charge < -0.3 is 14.6 Å². The fraction of sp³-hybridized carbons (Fsp3) is 0.889. The molecule has 2 rings (SSSR count). The number of hydrogen-bond acceptors (Lipinski definition) is 6. The van der Waals surface area contributed by atoms with Crippen molar-refractivity contribution in [2.24, 2.45) is 5.92 Å². The molecule has 0 radical (unpaired) electrons. The Morgan fingerprint density at radius 3 is 2.28 bits per heavy atom. The van der Waals surface area contributed by atoms with E-state index >= 15 is 0 Å². The number of quaternary nitrogens is 1. The van der Waals surface area contributed by atoms with Crippen LogP contribution in [0.2, 0.25) is 0 Å². The molecule has 1 aliphatic carbocycles. The lowest BCUT2D eigenvalue weighted by Gasteiger charge is -2.38. The number of aliphatic hydroxyl groups is 1. The summed E-state index contributed by atoms with van der Waals surface area (Å²) in [5.41, 5.74) is -0.614. The fourth-order valence-corrected chi connectivity index (χ4v) is 3.77. The molecule has 0 aromatic rings. The normalized spacial score (nSPS) is 33.1. The first kappa shape index (κ1) is 20.1. The number of carbonyl (C=O) groups is 2. The molecule has 1 saturated carbocycles. The number of esters is 1. The van der Waals surface area contributed by atoms with Gasteiger partial charge in [0, 0.05) is 12.8 Å². The van der Waals surface area contributed by atoms with E-state index in [2.05, 4.69) is 0 Å². The number of rotatable bonds is 4. The lowest BCUT2D eigenvalue weighted by molar-refractivity contribution is -1.06. The van der Waals surface area contributed by atoms with Crippen LogP contribution in [0.5, 0.6) is 0 Å². The first-order valence-electron chi connectivity index (χ1n) is 9.20. The van der Waals surface area contributed by atoms with Gasteiger partial charge in [0.05, 0.1) is 19.6 Å². The third-order valence-electron chi connectivity index (χ3n) is 5.08. The third-order valence-corrected chi connectivity index (χ3v) is 5.08. The number of hydroxylamine groups is 3. The molecule has 0 bridgehead atoms. The van der Waals surface area contributed by atoms with Crippen molar-refractivity contribution in [3.05, 3.63) is 0 Å². The van der Waals surface area contributed by atoms with Gasteiger partial charge >= 0.3 is 12.1 Å². The van der Waals surface area contributed by atoms with E-state index in [0.29, 0.717) is 32.2 Å². The van der Waals surface area contributed by atoms with Crippen molar-refractivity contribution >= 4 is 12.1 Å². The largest absolute Gasteiger partial charge is 0.550 e. The Bertz CT molecular complexity index is 480. The molecular formula is C18H32NO6+. The molecule has 1 heterocycles. The predicted octanol–water partition coefficient (Wildman–Crippen LogP) is 2.56. The summed E-state index contributed by atoms with van der Waals surface area (Å²) in [5.74, 6) is -0.268. The quantitative estimate of drug-likeness (QED) is 0.614. The molecule has 7 heteroatoms. The molecule has 25 heavy (non-hydrogen) atoms. The van der Waals surface area contributed by atoms with Crippen LogP contribution < -0.4 is 0 Å². The van der Waals surface area contributed by atoms with E-state index in [-0.39, 0.29) is 35.3 Å². The van der Waals surface area contributed by atoms with E-state index in [1.54, 1.807) is 0 Å². The smallest absolute Gasteiger partial charge is 0.469 e. The van der Waals surface area contributed by atoms with Gasteiger partial charge in [0.2, 0.25) is 0 Å². The minimum atomic E-state index is -0.614. The van der Waals surface area contributed by atoms with Crippen LogP contribution in [0.1, 0.15) is 59.3 Å². The molecule has 2 fully saturated rings. The summed E-state index contributed by atoms with van der Waals surface area (Å²) in [7, 11) is 1.41. The summed E-state index contributed by atoms with van der Waals surface area (Å²) < 4.78 is 10.2. The van der Waals surface area contributed by atoms with Crippen molar-refractivity contribution < 1.29 is 33.7 Å². The second kappa shape index (κ2) is 8.01. The SMILES string of the molecule is COC(=O)C1CCC(O[N+]2(C(=O)OC(C)(C)C)CCCC2CO)CC1. The van der Waals surface area contributed by atoms with Gasteiger partial charge in [-0.2, -0.15) is 9.63 Å². The molecule has 1 N–H and O–H groups in total. The standard InChI is InChI=1S/C18H32NO6/c1-18(2,3)24-17(22)19(11-5-6-14(19)12-20)25-15-9-7-13(8-10-15)16(21)23-4/h13-15,20H,5-12H2,1-4H3/q+1. The van der Waals surface area contributed by atoms with E-state index in [0.717, 1.165) is 12.8 Å². The molecule has 2 unspecified atom stereocenters. The van der Waals surface area contributed by atoms with Crippen molar-refractivity contribution in [1.29, 1.82) is 0 Å². The lowest BCUT2D eigenvalue weighted by atomic mass is 9.87. The van der Waals surface area contributed by atoms with Gasteiger partial charge in [-0.1, -0.05) is 4.65 Å². The first-order chi connectivity index (χ1) is 11.7. The van der Waals surface area contributed by atoms with E-state index in [4.69, 9.17) is 14.3 Å². The highest BCUT2D eigenvalue weighted by Gasteiger charge is 2.55. The minimum absolute atomic E-state index is 0.0907. The van der Waals surface area contributed by atoms with Gasteiger partial charge in [-0.25, -0.2) is 0 Å². The number of hydrogen-bond donors (Lipinski definition) is 1. The Kier molecular flexibility index (Phi) is 6.45. The molecule has 0 spiro atoms. The average Bonchev–Trinajstić information content (AvgIpc) is 2.97. The van der Waals surface area contributed by atoms with Gasteiger partial charge in [-0.05, 0) is 46.5 Å². The molecule has 0 aromatic heterocycles. The van der Waals surface area contributed by atoms with Crippen LogP contribution in [-0.4, -0.2) is 59.8 Å². The van der Waals surface area contributed by atoms with Crippen LogP contribution in [0.15, 0.2) is 0 Å². The van der Waals surface area contributed by atoms with E-state index in [1.165, 1.54) is 7.11 Å². The van der Waals surface area contributed by atoms with Crippen molar-refractivity contribution in [3.63, 3.8) is 0 Å². The number of likely N-dealkylation sites (tertiary alicyclic amines) is 1. The summed E-state index contributed by atoms with van der Waals surface area (Å²) >= 11 is 0. The zero-order valence-corrected chi connectivity index (χ0v) is 15.8. The summed E-state index contributed by atoms with van der Waals surface area (Å²) in [6.07, 6.45) is 3.75. The zero-order chi connectivity index (χ0) is 18.7. The third kappa shape index (κ3) is 4.71. The van der Waals surface area contributed by atoms with Crippen LogP contribution in [0.3, 0.4) is 0 Å². The molecule has 144 valence electrons. The van der Waals surface area contributed by atoms with Gasteiger partial charge in [0.15, 0.2) is 6.04 Å². The van der Waals surface area contributed by atoms with E-state index < -0.39 is 11.7 Å². The summed E-state index contributed by atoms with van der Waals surface area (Å²) in [4.78, 5) is 30.8. The maximum Gasteiger partial charge on any atom is 0.550 e. The number of methoxy groups -OCH3 is 1. The molecule has 7 nitrogen and oxygen atoms in total. The highest BCUT2D eigenvalue weighted by Crippen LogP contribution is 2.36. The number of amides is 1. The Morgan fingerprint density at radius 1 is 1.12 bits per heavy atom. The Balaban J connectivity index is 2.08. The van der Waals surface area contributed by atoms with Crippen LogP contribution in [0, 0.1) is 5.92 Å². The number of carbonyl (C=O) groups excluding carboxylic acids is 2. The minimum Gasteiger partial charge on any atom is -0.469 e. The maximum atomic E-state index is 12.9. The van der Waals surface area contributed by atoms with E-state index in [1.807, 2.05) is 20.8 Å². The number of nitrogens with zero attached hydrogens (tertiary/aromatic N) is 1. The Morgan fingerprint density at radius 2 is 1.76 bits per heavy atom. The van der Waals surface area contributed by atoms with Crippen LogP contribution in [0.25, 0.3) is 0 Å². The van der Waals surface area contributed by atoms with Crippen molar-refractivity contribution in [2.45, 2.75) is 77.0 Å². The lowest BCUT2D eigenvalue weighted by Crippen LogP contribution is -2.60. The van der Waals surface area contributed by atoms with Gasteiger partial charge in [-0.3, -0.25) is 4.79 Å². The number of aliphatic hydroxyl groups excluding tert-OH is 1. The molecule has 1 aliphatic heterocycles. The van der Waals surface area contributed by atoms with Crippen molar-refractivity contribution in [1.82, 2.24) is 0 Å². The van der Waals surface area contributed by atoms with Gasteiger partial charge in [-0.15, -0.1) is 0 Å². The second-order valence-electron chi connectivity index (χ2n) is 8.08. The molecular weight excluding hydrogens is 326 g/mol. The van der Waals surface area contributed by atoms with Crippen molar-refractivity contribution in [2.75, 3.05) is 20.3 Å². The molecule has 2 aliphatic rings. The zero-order valence-electron chi connectivity index (χ0n) is 15.8. The highest BCUT2D eigenvalue weighted by atomic mass is 16.8. The first-order valence-corrected chi connectivity index (χ1v) is 9.20. The van der Waals surface area contributed by atoms with Gasteiger partial charge in [0.25, 0.3) is 0 Å². The molecule has 1 saturated heterocycles. The average molecular weight is 358 g/mol. The topological polar surface area (TPSA) is 82.1 Å². The van der Waals surface area contributed by atoms with Crippen molar-refractivity contribution in [3.8, 4) is 0 Å². The summed E-state index contributed by atoms with van der Waals surface area (Å²) in [6.45, 7) is 5.88. The van der Waals surface area contributed by atoms with E-state index in [9.17, 15) is 14.7 Å². The Labute approximate surface area is 149 Å². The monoisotopic (exact) mass is 358 g/mol. The van der Waals surface area contributed by atoms with Crippen LogP contribution >= 0.6 is 0 Å². The summed E-state index contributed by atoms with van der Waals surface area (Å²) in [5, 5.41) is 9.76. The summed E-state index contributed by atoms with van der Waals surface area (Å²) in [6, 6.07) is -0.298. The van der Waals surface area contributed by atoms with Gasteiger partial charge in [0.1, 0.15) is 18.2 Å². The molecule has 1 amide bonds. The number of ether oxygens (including phenoxy) is 2. The van der Waals surface area contributed by atoms with Crippen LogP contribution in [0.4, 0.5) is 4.79 Å². The van der Waals surface area contributed by atoms with Crippen LogP contribution in [-0.2, 0) is 19.1 Å². The second-order valence-corrected chi connectivity index (χ2v) is 8.08. The fourth-order valence-electron chi connectivity index (χ4n) is 3.77. The molecule has 0 aromatic carbocycles. The molecule has 2 atom stereocenters. The Hall–Kier alpha value is -1.18. The maximum absolute atomic E-state index is 12.9.